The summed E-state index contributed by atoms with van der Waals surface area (Å²) in [5.41, 5.74) is 4.28. The fourth-order valence-corrected chi connectivity index (χ4v) is 5.03. The van der Waals surface area contributed by atoms with Gasteiger partial charge in [-0.3, -0.25) is 0 Å². The number of hydrogen-bond donors (Lipinski definition) is 1. The van der Waals surface area contributed by atoms with E-state index < -0.39 is 10.2 Å². The lowest BCUT2D eigenvalue weighted by atomic mass is 9.89. The minimum Gasteiger partial charge on any atom is -0.200 e. The van der Waals surface area contributed by atoms with E-state index in [1.165, 1.54) is 5.56 Å². The second kappa shape index (κ2) is 7.08. The van der Waals surface area contributed by atoms with Crippen molar-refractivity contribution in [2.75, 3.05) is 6.54 Å². The highest BCUT2D eigenvalue weighted by Gasteiger charge is 2.36. The Kier molecular flexibility index (Phi) is 5.21. The van der Waals surface area contributed by atoms with E-state index >= 15 is 0 Å². The molecule has 6 heteroatoms. The maximum absolute atomic E-state index is 12.9. The first-order chi connectivity index (χ1) is 11.8. The number of hydrogen-bond acceptors (Lipinski definition) is 2. The van der Waals surface area contributed by atoms with Crippen LogP contribution in [0, 0.1) is 6.92 Å². The quantitative estimate of drug-likeness (QED) is 0.878. The minimum atomic E-state index is -3.60. The largest absolute Gasteiger partial charge is 0.280 e. The highest BCUT2D eigenvalue weighted by atomic mass is 35.5. The van der Waals surface area contributed by atoms with Crippen molar-refractivity contribution in [2.45, 2.75) is 39.3 Å². The Hall–Kier alpha value is -1.40. The van der Waals surface area contributed by atoms with Gasteiger partial charge in [0.25, 0.3) is 10.2 Å². The van der Waals surface area contributed by atoms with Crippen LogP contribution in [0.2, 0.25) is 5.02 Å². The summed E-state index contributed by atoms with van der Waals surface area (Å²) in [5, 5.41) is 0.638. The summed E-state index contributed by atoms with van der Waals surface area (Å²) in [6, 6.07) is 13.2. The zero-order chi connectivity index (χ0) is 18.2. The lowest BCUT2D eigenvalue weighted by molar-refractivity contribution is 0.336. The molecule has 1 aliphatic heterocycles. The third kappa shape index (κ3) is 3.90. The third-order valence-electron chi connectivity index (χ3n) is 4.36. The van der Waals surface area contributed by atoms with Crippen molar-refractivity contribution in [3.05, 3.63) is 69.7 Å². The van der Waals surface area contributed by atoms with Crippen LogP contribution < -0.4 is 4.72 Å². The van der Waals surface area contributed by atoms with Gasteiger partial charge in [0.2, 0.25) is 0 Å². The highest BCUT2D eigenvalue weighted by Crippen LogP contribution is 2.37. The van der Waals surface area contributed by atoms with Crippen molar-refractivity contribution in [3.8, 4) is 0 Å². The number of aryl methyl sites for hydroxylation is 1. The van der Waals surface area contributed by atoms with E-state index in [0.29, 0.717) is 18.0 Å². The predicted molar refractivity (Wildman–Crippen MR) is 102 cm³/mol. The van der Waals surface area contributed by atoms with Crippen LogP contribution in [0.5, 0.6) is 0 Å². The molecule has 0 amide bonds. The molecule has 1 N–H and O–H groups in total. The molecule has 0 fully saturated rings. The summed E-state index contributed by atoms with van der Waals surface area (Å²) in [4.78, 5) is 0. The van der Waals surface area contributed by atoms with Gasteiger partial charge < -0.3 is 0 Å². The number of halogens is 1. The molecule has 1 heterocycles. The highest BCUT2D eigenvalue weighted by molar-refractivity contribution is 7.87. The molecule has 25 heavy (non-hydrogen) atoms. The fourth-order valence-electron chi connectivity index (χ4n) is 3.33. The number of fused-ring (bicyclic) bond motifs is 1. The molecule has 0 bridgehead atoms. The number of nitrogens with one attached hydrogen (secondary N) is 1. The summed E-state index contributed by atoms with van der Waals surface area (Å²) in [6.45, 7) is 6.14. The molecule has 0 aromatic heterocycles. The maximum Gasteiger partial charge on any atom is 0.280 e. The van der Waals surface area contributed by atoms with Crippen molar-refractivity contribution in [2.24, 2.45) is 0 Å². The van der Waals surface area contributed by atoms with Gasteiger partial charge in [-0.05, 0) is 56.0 Å². The average molecular weight is 379 g/mol. The van der Waals surface area contributed by atoms with E-state index in [2.05, 4.69) is 22.9 Å². The van der Waals surface area contributed by atoms with E-state index in [9.17, 15) is 8.42 Å². The summed E-state index contributed by atoms with van der Waals surface area (Å²) in [5.74, 6) is 0. The van der Waals surface area contributed by atoms with E-state index in [4.69, 9.17) is 11.6 Å². The van der Waals surface area contributed by atoms with E-state index in [1.807, 2.05) is 45.0 Å². The molecule has 3 rings (SSSR count). The van der Waals surface area contributed by atoms with Gasteiger partial charge in [0.1, 0.15) is 0 Å². The summed E-state index contributed by atoms with van der Waals surface area (Å²) in [6.07, 6.45) is 0.707. The SMILES string of the molecule is Cc1ccc2c(c1)C(c1ccc(Cl)cc1)N(S(=O)(=O)NC(C)C)CC2. The molecule has 0 radical (unpaired) electrons. The summed E-state index contributed by atoms with van der Waals surface area (Å²) in [7, 11) is -3.60. The molecular formula is C19H23ClN2O2S. The monoisotopic (exact) mass is 378 g/mol. The maximum atomic E-state index is 12.9. The van der Waals surface area contributed by atoms with E-state index in [-0.39, 0.29) is 12.1 Å². The van der Waals surface area contributed by atoms with Crippen LogP contribution in [0.25, 0.3) is 0 Å². The molecule has 0 aliphatic carbocycles. The van der Waals surface area contributed by atoms with Gasteiger partial charge in [0.15, 0.2) is 0 Å². The van der Waals surface area contributed by atoms with Crippen LogP contribution in [0.1, 0.15) is 42.1 Å². The van der Waals surface area contributed by atoms with E-state index in [0.717, 1.165) is 16.7 Å². The first-order valence-corrected chi connectivity index (χ1v) is 10.2. The van der Waals surface area contributed by atoms with Crippen molar-refractivity contribution in [1.82, 2.24) is 9.03 Å². The second-order valence-electron chi connectivity index (χ2n) is 6.79. The Morgan fingerprint density at radius 2 is 1.84 bits per heavy atom. The molecule has 1 aliphatic rings. The Morgan fingerprint density at radius 3 is 2.48 bits per heavy atom. The standard InChI is InChI=1S/C19H23ClN2O2S/c1-13(2)21-25(23,24)22-11-10-15-5-4-14(3)12-18(15)19(22)16-6-8-17(20)9-7-16/h4-9,12-13,19,21H,10-11H2,1-3H3. The topological polar surface area (TPSA) is 49.4 Å². The Bertz CT molecular complexity index is 863. The molecule has 134 valence electrons. The molecular weight excluding hydrogens is 356 g/mol. The van der Waals surface area contributed by atoms with Gasteiger partial charge in [-0.15, -0.1) is 0 Å². The molecule has 1 unspecified atom stereocenters. The molecule has 2 aromatic rings. The van der Waals surface area contributed by atoms with Crippen LogP contribution in [-0.4, -0.2) is 25.3 Å². The minimum absolute atomic E-state index is 0.158. The summed E-state index contributed by atoms with van der Waals surface area (Å²) >= 11 is 6.03. The second-order valence-corrected chi connectivity index (χ2v) is 8.89. The Labute approximate surface area is 155 Å². The molecule has 1 atom stereocenters. The number of benzene rings is 2. The zero-order valence-electron chi connectivity index (χ0n) is 14.7. The van der Waals surface area contributed by atoms with Crippen LogP contribution in [0.4, 0.5) is 0 Å². The lowest BCUT2D eigenvalue weighted by Gasteiger charge is -2.37. The van der Waals surface area contributed by atoms with Crippen molar-refractivity contribution >= 4 is 21.8 Å². The van der Waals surface area contributed by atoms with Crippen LogP contribution in [-0.2, 0) is 16.6 Å². The average Bonchev–Trinajstić information content (AvgIpc) is 2.53. The van der Waals surface area contributed by atoms with E-state index in [1.54, 1.807) is 4.31 Å². The number of rotatable bonds is 4. The van der Waals surface area contributed by atoms with Gasteiger partial charge in [0, 0.05) is 17.6 Å². The smallest absolute Gasteiger partial charge is 0.200 e. The van der Waals surface area contributed by atoms with Gasteiger partial charge in [-0.2, -0.15) is 17.4 Å². The van der Waals surface area contributed by atoms with Crippen molar-refractivity contribution in [3.63, 3.8) is 0 Å². The molecule has 2 aromatic carbocycles. The van der Waals surface area contributed by atoms with Gasteiger partial charge in [0.05, 0.1) is 6.04 Å². The number of nitrogens with zero attached hydrogens (tertiary/aromatic N) is 1. The van der Waals surface area contributed by atoms with Gasteiger partial charge >= 0.3 is 0 Å². The predicted octanol–water partition coefficient (Wildman–Crippen LogP) is 3.84. The third-order valence-corrected chi connectivity index (χ3v) is 6.40. The van der Waals surface area contributed by atoms with Crippen LogP contribution >= 0.6 is 11.6 Å². The van der Waals surface area contributed by atoms with Gasteiger partial charge in [-0.25, -0.2) is 0 Å². The molecule has 4 nitrogen and oxygen atoms in total. The Morgan fingerprint density at radius 1 is 1.16 bits per heavy atom. The Balaban J connectivity index is 2.14. The zero-order valence-corrected chi connectivity index (χ0v) is 16.2. The normalized spacial score (nSPS) is 18.4. The molecule has 0 saturated heterocycles. The van der Waals surface area contributed by atoms with Crippen molar-refractivity contribution in [1.29, 1.82) is 0 Å². The van der Waals surface area contributed by atoms with Crippen LogP contribution in [0.15, 0.2) is 42.5 Å². The first kappa shape index (κ1) is 18.4. The van der Waals surface area contributed by atoms with Crippen LogP contribution in [0.3, 0.4) is 0 Å². The summed E-state index contributed by atoms with van der Waals surface area (Å²) < 4.78 is 30.1. The fraction of sp³-hybridized carbons (Fsp3) is 0.368. The van der Waals surface area contributed by atoms with Crippen molar-refractivity contribution < 1.29 is 8.42 Å². The lowest BCUT2D eigenvalue weighted by Crippen LogP contribution is -2.48. The van der Waals surface area contributed by atoms with Gasteiger partial charge in [-0.1, -0.05) is 47.5 Å². The molecule has 0 saturated carbocycles. The molecule has 0 spiro atoms. The first-order valence-electron chi connectivity index (χ1n) is 8.42.